The molecule has 0 fully saturated rings. The Balaban J connectivity index is 2.95. The summed E-state index contributed by atoms with van der Waals surface area (Å²) in [5.41, 5.74) is 0. The van der Waals surface area contributed by atoms with Gasteiger partial charge in [0.15, 0.2) is 0 Å². The average Bonchev–Trinajstić information content (AvgIpc) is 2.66. The lowest BCUT2D eigenvalue weighted by Crippen LogP contribution is -2.16. The molecular weight excluding hydrogens is 322 g/mol. The van der Waals surface area contributed by atoms with Crippen molar-refractivity contribution in [3.8, 4) is 0 Å². The van der Waals surface area contributed by atoms with Gasteiger partial charge < -0.3 is 15.5 Å². The maximum absolute atomic E-state index is 8.72. The van der Waals surface area contributed by atoms with Gasteiger partial charge in [-0.3, -0.25) is 0 Å². The second kappa shape index (κ2) is 24.9. The topological polar surface area (TPSA) is 52.5 Å². The van der Waals surface area contributed by atoms with Crippen molar-refractivity contribution in [2.45, 2.75) is 122 Å². The molecule has 0 aliphatic rings. The zero-order valence-electron chi connectivity index (χ0n) is 17.7. The number of aliphatic hydroxyl groups is 2. The minimum Gasteiger partial charge on any atom is -0.396 e. The maximum Gasteiger partial charge on any atom is 0.0431 e. The molecule has 0 heterocycles. The van der Waals surface area contributed by atoms with Crippen molar-refractivity contribution in [1.29, 1.82) is 0 Å². The van der Waals surface area contributed by atoms with E-state index in [1.807, 2.05) is 0 Å². The Morgan fingerprint density at radius 2 is 0.538 bits per heavy atom. The predicted octanol–water partition coefficient (Wildman–Crippen LogP) is 5.97. The Kier molecular flexibility index (Phi) is 24.8. The second-order valence-electron chi connectivity index (χ2n) is 7.91. The number of hydrogen-bond donors (Lipinski definition) is 3. The lowest BCUT2D eigenvalue weighted by molar-refractivity contribution is 0.282. The number of nitrogens with one attached hydrogen (secondary N) is 1. The second-order valence-corrected chi connectivity index (χ2v) is 7.91. The summed E-state index contributed by atoms with van der Waals surface area (Å²) in [4.78, 5) is 0. The highest BCUT2D eigenvalue weighted by molar-refractivity contribution is 4.53. The molecule has 0 amide bonds. The van der Waals surface area contributed by atoms with Crippen molar-refractivity contribution in [1.82, 2.24) is 5.32 Å². The van der Waals surface area contributed by atoms with Crippen molar-refractivity contribution in [3.05, 3.63) is 0 Å². The largest absolute Gasteiger partial charge is 0.396 e. The van der Waals surface area contributed by atoms with Crippen molar-refractivity contribution < 1.29 is 10.2 Å². The zero-order valence-corrected chi connectivity index (χ0v) is 17.7. The third-order valence-corrected chi connectivity index (χ3v) is 5.27. The van der Waals surface area contributed by atoms with Crippen LogP contribution in [0.5, 0.6) is 0 Å². The fraction of sp³-hybridized carbons (Fsp3) is 1.00. The molecule has 0 aromatic carbocycles. The fourth-order valence-corrected chi connectivity index (χ4v) is 3.50. The SMILES string of the molecule is OCCCCCCCCCCCCCCNCCCCCCCCCO. The van der Waals surface area contributed by atoms with E-state index in [1.165, 1.54) is 122 Å². The molecule has 26 heavy (non-hydrogen) atoms. The van der Waals surface area contributed by atoms with Gasteiger partial charge in [0.25, 0.3) is 0 Å². The van der Waals surface area contributed by atoms with Crippen LogP contribution in [0.25, 0.3) is 0 Å². The van der Waals surface area contributed by atoms with Crippen LogP contribution < -0.4 is 5.32 Å². The molecule has 3 nitrogen and oxygen atoms in total. The third kappa shape index (κ3) is 23.9. The van der Waals surface area contributed by atoms with Crippen molar-refractivity contribution >= 4 is 0 Å². The van der Waals surface area contributed by atoms with Gasteiger partial charge in [0.1, 0.15) is 0 Å². The van der Waals surface area contributed by atoms with E-state index in [9.17, 15) is 0 Å². The smallest absolute Gasteiger partial charge is 0.0431 e. The summed E-state index contributed by atoms with van der Waals surface area (Å²) in [6.07, 6.45) is 24.9. The van der Waals surface area contributed by atoms with Crippen LogP contribution >= 0.6 is 0 Å². The molecule has 3 heteroatoms. The van der Waals surface area contributed by atoms with Gasteiger partial charge in [-0.05, 0) is 38.8 Å². The van der Waals surface area contributed by atoms with E-state index in [4.69, 9.17) is 10.2 Å². The Labute approximate surface area is 164 Å². The molecule has 0 unspecified atom stereocenters. The Bertz CT molecular complexity index is 212. The van der Waals surface area contributed by atoms with Crippen LogP contribution in [0.4, 0.5) is 0 Å². The van der Waals surface area contributed by atoms with E-state index in [-0.39, 0.29) is 0 Å². The minimum atomic E-state index is 0.358. The van der Waals surface area contributed by atoms with Gasteiger partial charge in [-0.1, -0.05) is 96.3 Å². The summed E-state index contributed by atoms with van der Waals surface area (Å²) in [5, 5.41) is 21.0. The molecule has 0 spiro atoms. The Morgan fingerprint density at radius 1 is 0.308 bits per heavy atom. The molecule has 0 aliphatic heterocycles. The van der Waals surface area contributed by atoms with E-state index in [1.54, 1.807) is 0 Å². The highest BCUT2D eigenvalue weighted by Crippen LogP contribution is 2.12. The molecule has 0 aromatic rings. The van der Waals surface area contributed by atoms with Gasteiger partial charge in [0.05, 0.1) is 0 Å². The first-order chi connectivity index (χ1) is 12.9. The number of hydrogen-bond acceptors (Lipinski definition) is 3. The average molecular weight is 372 g/mol. The normalized spacial score (nSPS) is 11.3. The van der Waals surface area contributed by atoms with Crippen LogP contribution in [0.1, 0.15) is 122 Å². The lowest BCUT2D eigenvalue weighted by Gasteiger charge is -2.05. The van der Waals surface area contributed by atoms with Crippen molar-refractivity contribution in [3.63, 3.8) is 0 Å². The molecule has 0 atom stereocenters. The monoisotopic (exact) mass is 371 g/mol. The summed E-state index contributed by atoms with van der Waals surface area (Å²) in [7, 11) is 0. The van der Waals surface area contributed by atoms with Gasteiger partial charge >= 0.3 is 0 Å². The molecular formula is C23H49NO2. The first-order valence-electron chi connectivity index (χ1n) is 11.8. The molecule has 3 N–H and O–H groups in total. The standard InChI is InChI=1S/C23H49NO2/c25-22-18-14-10-6-4-2-1-3-5-8-12-16-20-24-21-17-13-9-7-11-15-19-23-26/h24-26H,1-23H2. The fourth-order valence-electron chi connectivity index (χ4n) is 3.50. The molecule has 0 radical (unpaired) electrons. The van der Waals surface area contributed by atoms with Crippen LogP contribution in [0.15, 0.2) is 0 Å². The summed E-state index contributed by atoms with van der Waals surface area (Å²) in [5.74, 6) is 0. The maximum atomic E-state index is 8.72. The van der Waals surface area contributed by atoms with E-state index in [0.717, 1.165) is 12.8 Å². The lowest BCUT2D eigenvalue weighted by atomic mass is 10.1. The van der Waals surface area contributed by atoms with E-state index >= 15 is 0 Å². The van der Waals surface area contributed by atoms with Gasteiger partial charge in [-0.2, -0.15) is 0 Å². The van der Waals surface area contributed by atoms with Crippen LogP contribution in [-0.2, 0) is 0 Å². The molecule has 158 valence electrons. The van der Waals surface area contributed by atoms with Crippen molar-refractivity contribution in [2.24, 2.45) is 0 Å². The summed E-state index contributed by atoms with van der Waals surface area (Å²) in [6.45, 7) is 3.11. The Morgan fingerprint density at radius 3 is 0.808 bits per heavy atom. The number of rotatable bonds is 23. The van der Waals surface area contributed by atoms with E-state index in [0.29, 0.717) is 13.2 Å². The Hall–Kier alpha value is -0.120. The van der Waals surface area contributed by atoms with Gasteiger partial charge in [0.2, 0.25) is 0 Å². The molecule has 0 bridgehead atoms. The third-order valence-electron chi connectivity index (χ3n) is 5.27. The summed E-state index contributed by atoms with van der Waals surface area (Å²) < 4.78 is 0. The number of unbranched alkanes of at least 4 members (excludes halogenated alkanes) is 17. The van der Waals surface area contributed by atoms with Crippen LogP contribution in [0.2, 0.25) is 0 Å². The molecule has 0 aliphatic carbocycles. The van der Waals surface area contributed by atoms with E-state index in [2.05, 4.69) is 5.32 Å². The highest BCUT2D eigenvalue weighted by atomic mass is 16.3. The zero-order chi connectivity index (χ0) is 19.0. The van der Waals surface area contributed by atoms with Gasteiger partial charge in [0, 0.05) is 13.2 Å². The molecule has 0 rings (SSSR count). The molecule has 0 aromatic heterocycles. The quantitative estimate of drug-likeness (QED) is 0.194. The summed E-state index contributed by atoms with van der Waals surface area (Å²) >= 11 is 0. The molecule has 0 saturated heterocycles. The first kappa shape index (κ1) is 25.9. The minimum absolute atomic E-state index is 0.358. The molecule has 0 saturated carbocycles. The van der Waals surface area contributed by atoms with Gasteiger partial charge in [-0.25, -0.2) is 0 Å². The van der Waals surface area contributed by atoms with Crippen LogP contribution in [-0.4, -0.2) is 36.5 Å². The van der Waals surface area contributed by atoms with Crippen molar-refractivity contribution in [2.75, 3.05) is 26.3 Å². The van der Waals surface area contributed by atoms with Gasteiger partial charge in [-0.15, -0.1) is 0 Å². The van der Waals surface area contributed by atoms with E-state index < -0.39 is 0 Å². The number of aliphatic hydroxyl groups excluding tert-OH is 2. The first-order valence-corrected chi connectivity index (χ1v) is 11.8. The van der Waals surface area contributed by atoms with Crippen LogP contribution in [0.3, 0.4) is 0 Å². The van der Waals surface area contributed by atoms with Crippen LogP contribution in [0, 0.1) is 0 Å². The highest BCUT2D eigenvalue weighted by Gasteiger charge is 1.95. The summed E-state index contributed by atoms with van der Waals surface area (Å²) in [6, 6.07) is 0. The predicted molar refractivity (Wildman–Crippen MR) is 115 cm³/mol.